The van der Waals surface area contributed by atoms with Crippen LogP contribution in [0.25, 0.3) is 0 Å². The molecule has 0 atom stereocenters. The first-order valence-electron chi connectivity index (χ1n) is 6.38. The summed E-state index contributed by atoms with van der Waals surface area (Å²) in [5, 5.41) is 0. The molecule has 0 aromatic heterocycles. The molecule has 100 valence electrons. The SMILES string of the molecule is COc1cccc[c]1[Sn]([CH3])([CH3])[c]1ccccc1OC. The van der Waals surface area contributed by atoms with Gasteiger partial charge in [0.25, 0.3) is 0 Å². The molecule has 0 saturated heterocycles. The molecule has 0 aliphatic rings. The van der Waals surface area contributed by atoms with Crippen molar-refractivity contribution in [2.24, 2.45) is 0 Å². The minimum atomic E-state index is -2.68. The van der Waals surface area contributed by atoms with Crippen LogP contribution in [0.1, 0.15) is 0 Å². The Morgan fingerprint density at radius 3 is 1.42 bits per heavy atom. The Bertz CT molecular complexity index is 515. The molecule has 2 rings (SSSR count). The van der Waals surface area contributed by atoms with Gasteiger partial charge in [-0.25, -0.2) is 0 Å². The molecule has 2 aromatic carbocycles. The molecular formula is C16H20O2Sn. The summed E-state index contributed by atoms with van der Waals surface area (Å²) >= 11 is -2.68. The molecule has 0 unspecified atom stereocenters. The van der Waals surface area contributed by atoms with Crippen molar-refractivity contribution in [3.8, 4) is 11.5 Å². The Balaban J connectivity index is 2.58. The fourth-order valence-corrected chi connectivity index (χ4v) is 10.8. The van der Waals surface area contributed by atoms with Gasteiger partial charge in [-0.15, -0.1) is 0 Å². The van der Waals surface area contributed by atoms with Crippen LogP contribution < -0.4 is 16.6 Å². The van der Waals surface area contributed by atoms with E-state index in [0.29, 0.717) is 0 Å². The fraction of sp³-hybridized carbons (Fsp3) is 0.250. The molecular weight excluding hydrogens is 343 g/mol. The van der Waals surface area contributed by atoms with Crippen LogP contribution in [-0.4, -0.2) is 32.6 Å². The van der Waals surface area contributed by atoms with E-state index in [9.17, 15) is 0 Å². The molecule has 0 radical (unpaired) electrons. The first kappa shape index (κ1) is 14.3. The average molecular weight is 363 g/mol. The van der Waals surface area contributed by atoms with Crippen molar-refractivity contribution >= 4 is 25.5 Å². The third-order valence-corrected chi connectivity index (χ3v) is 13.6. The summed E-state index contributed by atoms with van der Waals surface area (Å²) < 4.78 is 13.8. The zero-order valence-electron chi connectivity index (χ0n) is 11.9. The van der Waals surface area contributed by atoms with Gasteiger partial charge < -0.3 is 0 Å². The maximum absolute atomic E-state index is 5.54. The number of methoxy groups -OCH3 is 2. The number of para-hydroxylation sites is 2. The first-order valence-corrected chi connectivity index (χ1v) is 14.9. The monoisotopic (exact) mass is 364 g/mol. The molecule has 0 aliphatic heterocycles. The molecule has 0 saturated carbocycles. The van der Waals surface area contributed by atoms with E-state index in [1.807, 2.05) is 24.3 Å². The van der Waals surface area contributed by atoms with Crippen LogP contribution in [0.3, 0.4) is 0 Å². The fourth-order valence-electron chi connectivity index (χ4n) is 2.47. The predicted octanol–water partition coefficient (Wildman–Crippen LogP) is 2.53. The zero-order chi connectivity index (χ0) is 13.9. The standard InChI is InChI=1S/2C7H7O.2CH3.Sn/c2*1-8-7-5-3-2-4-6-7;;;/h2*2-5H,1H3;2*1H3;. The normalized spacial score (nSPS) is 11.2. The summed E-state index contributed by atoms with van der Waals surface area (Å²) in [6.45, 7) is 0. The average Bonchev–Trinajstić information content (AvgIpc) is 2.47. The van der Waals surface area contributed by atoms with Crippen LogP contribution in [0.15, 0.2) is 48.5 Å². The molecule has 0 aliphatic carbocycles. The molecule has 0 N–H and O–H groups in total. The number of benzene rings is 2. The molecule has 0 heterocycles. The molecule has 0 amide bonds. The Labute approximate surface area is 119 Å². The van der Waals surface area contributed by atoms with Crippen LogP contribution in [-0.2, 0) is 0 Å². The summed E-state index contributed by atoms with van der Waals surface area (Å²) in [6, 6.07) is 16.7. The molecule has 0 spiro atoms. The van der Waals surface area contributed by atoms with Crippen molar-refractivity contribution in [1.29, 1.82) is 0 Å². The second-order valence-corrected chi connectivity index (χ2v) is 17.4. The minimum absolute atomic E-state index is 0.995. The van der Waals surface area contributed by atoms with Gasteiger partial charge in [-0.1, -0.05) is 0 Å². The van der Waals surface area contributed by atoms with Crippen LogP contribution in [0.2, 0.25) is 9.88 Å². The molecule has 0 bridgehead atoms. The zero-order valence-corrected chi connectivity index (χ0v) is 14.8. The van der Waals surface area contributed by atoms with E-state index in [1.54, 1.807) is 14.2 Å². The predicted molar refractivity (Wildman–Crippen MR) is 82.7 cm³/mol. The Kier molecular flexibility index (Phi) is 4.40. The van der Waals surface area contributed by atoms with Gasteiger partial charge in [0.15, 0.2) is 0 Å². The van der Waals surface area contributed by atoms with E-state index in [1.165, 1.54) is 7.16 Å². The van der Waals surface area contributed by atoms with Crippen molar-refractivity contribution in [2.45, 2.75) is 9.88 Å². The van der Waals surface area contributed by atoms with Gasteiger partial charge >= 0.3 is 119 Å². The van der Waals surface area contributed by atoms with E-state index in [2.05, 4.69) is 34.1 Å². The van der Waals surface area contributed by atoms with Crippen molar-refractivity contribution in [3.05, 3.63) is 48.5 Å². The van der Waals surface area contributed by atoms with Crippen LogP contribution in [0, 0.1) is 0 Å². The van der Waals surface area contributed by atoms with Crippen LogP contribution in [0.4, 0.5) is 0 Å². The molecule has 0 fully saturated rings. The quantitative estimate of drug-likeness (QED) is 0.778. The van der Waals surface area contributed by atoms with Gasteiger partial charge in [0.2, 0.25) is 0 Å². The van der Waals surface area contributed by atoms with Gasteiger partial charge in [0.05, 0.1) is 0 Å². The number of ether oxygens (including phenoxy) is 2. The molecule has 2 nitrogen and oxygen atoms in total. The summed E-state index contributed by atoms with van der Waals surface area (Å²) in [5.74, 6) is 1.99. The van der Waals surface area contributed by atoms with E-state index in [-0.39, 0.29) is 0 Å². The molecule has 19 heavy (non-hydrogen) atoms. The van der Waals surface area contributed by atoms with Crippen molar-refractivity contribution < 1.29 is 9.47 Å². The Morgan fingerprint density at radius 1 is 0.684 bits per heavy atom. The van der Waals surface area contributed by atoms with E-state index in [4.69, 9.17) is 9.47 Å². The topological polar surface area (TPSA) is 18.5 Å². The second kappa shape index (κ2) is 5.86. The van der Waals surface area contributed by atoms with Crippen molar-refractivity contribution in [1.82, 2.24) is 0 Å². The number of hydrogen-bond donors (Lipinski definition) is 0. The van der Waals surface area contributed by atoms with Gasteiger partial charge in [0, 0.05) is 0 Å². The number of rotatable bonds is 4. The second-order valence-electron chi connectivity index (χ2n) is 5.03. The Hall–Kier alpha value is -1.16. The summed E-state index contributed by atoms with van der Waals surface area (Å²) in [6.07, 6.45) is 0. The third-order valence-electron chi connectivity index (χ3n) is 3.56. The van der Waals surface area contributed by atoms with Gasteiger partial charge in [-0.3, -0.25) is 0 Å². The maximum atomic E-state index is 5.54. The Morgan fingerprint density at radius 2 is 1.05 bits per heavy atom. The number of hydrogen-bond acceptors (Lipinski definition) is 2. The third kappa shape index (κ3) is 2.73. The van der Waals surface area contributed by atoms with E-state index in [0.717, 1.165) is 11.5 Å². The van der Waals surface area contributed by atoms with Crippen molar-refractivity contribution in [3.63, 3.8) is 0 Å². The van der Waals surface area contributed by atoms with E-state index < -0.39 is 18.4 Å². The molecule has 3 heteroatoms. The molecule has 2 aromatic rings. The first-order chi connectivity index (χ1) is 9.11. The van der Waals surface area contributed by atoms with Gasteiger partial charge in [-0.05, 0) is 0 Å². The van der Waals surface area contributed by atoms with Crippen molar-refractivity contribution in [2.75, 3.05) is 14.2 Å². The van der Waals surface area contributed by atoms with Gasteiger partial charge in [-0.2, -0.15) is 0 Å². The van der Waals surface area contributed by atoms with Gasteiger partial charge in [0.1, 0.15) is 0 Å². The summed E-state index contributed by atoms with van der Waals surface area (Å²) in [5.41, 5.74) is 0. The van der Waals surface area contributed by atoms with E-state index >= 15 is 0 Å². The summed E-state index contributed by atoms with van der Waals surface area (Å²) in [4.78, 5) is 4.79. The summed E-state index contributed by atoms with van der Waals surface area (Å²) in [7, 11) is 3.48. The van der Waals surface area contributed by atoms with Crippen LogP contribution in [0.5, 0.6) is 11.5 Å². The van der Waals surface area contributed by atoms with Crippen LogP contribution >= 0.6 is 0 Å².